The van der Waals surface area contributed by atoms with E-state index >= 15 is 0 Å². The number of carbonyl (C=O) groups excluding carboxylic acids is 1. The molecule has 0 aliphatic carbocycles. The lowest BCUT2D eigenvalue weighted by molar-refractivity contribution is 0.0890. The Morgan fingerprint density at radius 3 is 2.55 bits per heavy atom. The number of benzene rings is 1. The molecule has 1 aromatic heterocycles. The van der Waals surface area contributed by atoms with E-state index in [4.69, 9.17) is 4.74 Å². The van der Waals surface area contributed by atoms with Gasteiger partial charge in [-0.25, -0.2) is 8.42 Å². The maximum atomic E-state index is 12.7. The summed E-state index contributed by atoms with van der Waals surface area (Å²) in [6, 6.07) is 8.26. The molecule has 2 atom stereocenters. The van der Waals surface area contributed by atoms with Crippen molar-refractivity contribution in [2.75, 3.05) is 25.2 Å². The number of nitrogens with one attached hydrogen (secondary N) is 1. The van der Waals surface area contributed by atoms with Gasteiger partial charge in [0.1, 0.15) is 5.75 Å². The minimum Gasteiger partial charge on any atom is -0.497 e. The highest BCUT2D eigenvalue weighted by atomic mass is 32.2. The zero-order valence-corrected chi connectivity index (χ0v) is 17.6. The Balaban J connectivity index is 1.97. The van der Waals surface area contributed by atoms with Crippen LogP contribution in [0.25, 0.3) is 11.3 Å². The third-order valence-corrected chi connectivity index (χ3v) is 6.98. The van der Waals surface area contributed by atoms with Gasteiger partial charge in [-0.15, -0.1) is 0 Å². The summed E-state index contributed by atoms with van der Waals surface area (Å²) in [5.74, 6) is 0.480. The van der Waals surface area contributed by atoms with Crippen molar-refractivity contribution in [3.05, 3.63) is 36.0 Å². The fourth-order valence-corrected chi connectivity index (χ4v) is 5.09. The molecule has 8 nitrogen and oxygen atoms in total. The number of aliphatic hydroxyl groups excluding tert-OH is 1. The SMILES string of the molecule is COc1ccc(-c2cc(C(=O)N[C@H](CO)C(C)C)nn2C2CCS(=O)(=O)C2)cc1. The molecule has 0 bridgehead atoms. The Kier molecular flexibility index (Phi) is 6.28. The van der Waals surface area contributed by atoms with Gasteiger partial charge < -0.3 is 15.2 Å². The first-order valence-corrected chi connectivity index (χ1v) is 11.4. The lowest BCUT2D eigenvalue weighted by atomic mass is 10.1. The fraction of sp³-hybridized carbons (Fsp3) is 0.500. The molecule has 0 radical (unpaired) electrons. The van der Waals surface area contributed by atoms with Crippen LogP contribution in [0, 0.1) is 5.92 Å². The highest BCUT2D eigenvalue weighted by Gasteiger charge is 2.32. The second-order valence-corrected chi connectivity index (χ2v) is 9.88. The average molecular weight is 422 g/mol. The summed E-state index contributed by atoms with van der Waals surface area (Å²) in [5.41, 5.74) is 1.67. The molecule has 0 spiro atoms. The molecule has 3 rings (SSSR count). The molecule has 1 aliphatic rings. The van der Waals surface area contributed by atoms with Crippen molar-refractivity contribution in [2.24, 2.45) is 5.92 Å². The summed E-state index contributed by atoms with van der Waals surface area (Å²) in [5, 5.41) is 16.7. The highest BCUT2D eigenvalue weighted by molar-refractivity contribution is 7.91. The number of nitrogens with zero attached hydrogens (tertiary/aromatic N) is 2. The van der Waals surface area contributed by atoms with Crippen LogP contribution >= 0.6 is 0 Å². The maximum Gasteiger partial charge on any atom is 0.272 e. The van der Waals surface area contributed by atoms with Crippen LogP contribution in [0.15, 0.2) is 30.3 Å². The van der Waals surface area contributed by atoms with E-state index in [-0.39, 0.29) is 41.8 Å². The summed E-state index contributed by atoms with van der Waals surface area (Å²) in [6.07, 6.45) is 0.458. The van der Waals surface area contributed by atoms with Crippen LogP contribution in [0.1, 0.15) is 36.8 Å². The van der Waals surface area contributed by atoms with Gasteiger partial charge in [-0.05, 0) is 42.7 Å². The molecular weight excluding hydrogens is 394 g/mol. The highest BCUT2D eigenvalue weighted by Crippen LogP contribution is 2.31. The van der Waals surface area contributed by atoms with Crippen molar-refractivity contribution in [1.82, 2.24) is 15.1 Å². The third kappa shape index (κ3) is 4.79. The van der Waals surface area contributed by atoms with Crippen LogP contribution in [-0.2, 0) is 9.84 Å². The first-order chi connectivity index (χ1) is 13.7. The zero-order valence-electron chi connectivity index (χ0n) is 16.8. The minimum absolute atomic E-state index is 0.00412. The van der Waals surface area contributed by atoms with Crippen LogP contribution in [0.4, 0.5) is 0 Å². The summed E-state index contributed by atoms with van der Waals surface area (Å²) in [7, 11) is -1.53. The Hall–Kier alpha value is -2.39. The van der Waals surface area contributed by atoms with Crippen molar-refractivity contribution in [1.29, 1.82) is 0 Å². The van der Waals surface area contributed by atoms with Gasteiger partial charge in [-0.3, -0.25) is 9.48 Å². The molecule has 0 saturated carbocycles. The molecule has 158 valence electrons. The number of hydrogen-bond donors (Lipinski definition) is 2. The number of ether oxygens (including phenoxy) is 1. The molecule has 1 unspecified atom stereocenters. The Bertz CT molecular complexity index is 967. The van der Waals surface area contributed by atoms with E-state index < -0.39 is 15.7 Å². The molecule has 1 saturated heterocycles. The summed E-state index contributed by atoms with van der Waals surface area (Å²) in [4.78, 5) is 12.7. The van der Waals surface area contributed by atoms with Gasteiger partial charge in [0.25, 0.3) is 5.91 Å². The van der Waals surface area contributed by atoms with Gasteiger partial charge in [0.15, 0.2) is 15.5 Å². The number of rotatable bonds is 7. The molecule has 1 fully saturated rings. The quantitative estimate of drug-likeness (QED) is 0.704. The molecule has 1 aliphatic heterocycles. The number of sulfone groups is 1. The largest absolute Gasteiger partial charge is 0.497 e. The van der Waals surface area contributed by atoms with E-state index in [2.05, 4.69) is 10.4 Å². The van der Waals surface area contributed by atoms with E-state index in [0.717, 1.165) is 5.56 Å². The van der Waals surface area contributed by atoms with Gasteiger partial charge in [-0.2, -0.15) is 5.10 Å². The second-order valence-electron chi connectivity index (χ2n) is 7.65. The van der Waals surface area contributed by atoms with Crippen molar-refractivity contribution in [3.8, 4) is 17.0 Å². The number of hydrogen-bond acceptors (Lipinski definition) is 6. The molecule has 1 amide bonds. The van der Waals surface area contributed by atoms with Crippen LogP contribution in [-0.4, -0.2) is 60.5 Å². The number of aliphatic hydroxyl groups is 1. The topological polar surface area (TPSA) is 111 Å². The van der Waals surface area contributed by atoms with Crippen molar-refractivity contribution in [3.63, 3.8) is 0 Å². The van der Waals surface area contributed by atoms with Crippen LogP contribution in [0.3, 0.4) is 0 Å². The Labute approximate surface area is 170 Å². The van der Waals surface area contributed by atoms with Gasteiger partial charge in [0, 0.05) is 5.56 Å². The molecule has 2 heterocycles. The summed E-state index contributed by atoms with van der Waals surface area (Å²) >= 11 is 0. The first-order valence-electron chi connectivity index (χ1n) is 9.60. The Morgan fingerprint density at radius 2 is 2.03 bits per heavy atom. The fourth-order valence-electron chi connectivity index (χ4n) is 3.39. The van der Waals surface area contributed by atoms with E-state index in [1.165, 1.54) is 0 Å². The molecule has 2 N–H and O–H groups in total. The molecule has 1 aromatic carbocycles. The number of carbonyl (C=O) groups is 1. The van der Waals surface area contributed by atoms with Gasteiger partial charge in [0.2, 0.25) is 0 Å². The van der Waals surface area contributed by atoms with E-state index in [1.54, 1.807) is 30.0 Å². The molecule has 29 heavy (non-hydrogen) atoms. The summed E-state index contributed by atoms with van der Waals surface area (Å²) < 4.78 is 30.8. The average Bonchev–Trinajstić information content (AvgIpc) is 3.29. The molecule has 9 heteroatoms. The van der Waals surface area contributed by atoms with Crippen molar-refractivity contribution in [2.45, 2.75) is 32.4 Å². The number of methoxy groups -OCH3 is 1. The minimum atomic E-state index is -3.11. The first kappa shape index (κ1) is 21.3. The second kappa shape index (κ2) is 8.54. The lowest BCUT2D eigenvalue weighted by Crippen LogP contribution is -2.41. The predicted octanol–water partition coefficient (Wildman–Crippen LogP) is 1.66. The van der Waals surface area contributed by atoms with Gasteiger partial charge >= 0.3 is 0 Å². The summed E-state index contributed by atoms with van der Waals surface area (Å²) in [6.45, 7) is 3.65. The zero-order chi connectivity index (χ0) is 21.2. The normalized spacial score (nSPS) is 19.3. The van der Waals surface area contributed by atoms with E-state index in [0.29, 0.717) is 17.9 Å². The Morgan fingerprint density at radius 1 is 1.34 bits per heavy atom. The number of amides is 1. The smallest absolute Gasteiger partial charge is 0.272 e. The van der Waals surface area contributed by atoms with Crippen LogP contribution in [0.2, 0.25) is 0 Å². The monoisotopic (exact) mass is 421 g/mol. The van der Waals surface area contributed by atoms with Gasteiger partial charge in [0.05, 0.1) is 43.0 Å². The van der Waals surface area contributed by atoms with Crippen molar-refractivity contribution >= 4 is 15.7 Å². The van der Waals surface area contributed by atoms with Crippen LogP contribution < -0.4 is 10.1 Å². The maximum absolute atomic E-state index is 12.7. The number of aromatic nitrogens is 2. The van der Waals surface area contributed by atoms with Crippen molar-refractivity contribution < 1.29 is 23.1 Å². The molecular formula is C20H27N3O5S. The van der Waals surface area contributed by atoms with E-state index in [1.807, 2.05) is 26.0 Å². The molecule has 2 aromatic rings. The predicted molar refractivity (Wildman–Crippen MR) is 110 cm³/mol. The van der Waals surface area contributed by atoms with Gasteiger partial charge in [-0.1, -0.05) is 13.8 Å². The standard InChI is InChI=1S/C20H27N3O5S/c1-13(2)18(11-24)21-20(25)17-10-19(14-4-6-16(28-3)7-5-14)23(22-17)15-8-9-29(26,27)12-15/h4-7,10,13,15,18,24H,8-9,11-12H2,1-3H3,(H,21,25)/t15?,18-/m1/s1. The van der Waals surface area contributed by atoms with E-state index in [9.17, 15) is 18.3 Å². The lowest BCUT2D eigenvalue weighted by Gasteiger charge is -2.19. The van der Waals surface area contributed by atoms with Crippen LogP contribution in [0.5, 0.6) is 5.75 Å². The third-order valence-electron chi connectivity index (χ3n) is 5.23.